The van der Waals surface area contributed by atoms with Gasteiger partial charge >= 0.3 is 0 Å². The van der Waals surface area contributed by atoms with Gasteiger partial charge in [0.15, 0.2) is 0 Å². The number of ether oxygens (including phenoxy) is 1. The third-order valence-electron chi connectivity index (χ3n) is 3.17. The Morgan fingerprint density at radius 2 is 2.24 bits per heavy atom. The Morgan fingerprint density at radius 1 is 1.47 bits per heavy atom. The topological polar surface area (TPSA) is 26.3 Å². The molecule has 0 radical (unpaired) electrons. The van der Waals surface area contributed by atoms with E-state index in [1.165, 1.54) is 12.1 Å². The fraction of sp³-hybridized carbons (Fsp3) is 0.462. The molecule has 4 heteroatoms. The van der Waals surface area contributed by atoms with Gasteiger partial charge in [-0.05, 0) is 25.0 Å². The zero-order valence-electron chi connectivity index (χ0n) is 9.58. The molecule has 0 amide bonds. The van der Waals surface area contributed by atoms with Crippen molar-refractivity contribution in [1.29, 1.82) is 0 Å². The van der Waals surface area contributed by atoms with E-state index in [1.807, 2.05) is 6.92 Å². The van der Waals surface area contributed by atoms with Gasteiger partial charge in [0.2, 0.25) is 0 Å². The molecule has 1 aromatic carbocycles. The van der Waals surface area contributed by atoms with Gasteiger partial charge in [-0.15, -0.1) is 0 Å². The fourth-order valence-electron chi connectivity index (χ4n) is 2.14. The van der Waals surface area contributed by atoms with E-state index >= 15 is 0 Å². The number of hydrogen-bond donors (Lipinski definition) is 0. The van der Waals surface area contributed by atoms with Crippen LogP contribution in [-0.4, -0.2) is 18.5 Å². The van der Waals surface area contributed by atoms with Crippen LogP contribution in [0.3, 0.4) is 0 Å². The zero-order chi connectivity index (χ0) is 12.4. The van der Waals surface area contributed by atoms with Gasteiger partial charge in [-0.2, -0.15) is 0 Å². The Bertz CT molecular complexity index is 431. The first-order valence-electron chi connectivity index (χ1n) is 5.66. The highest BCUT2D eigenvalue weighted by Gasteiger charge is 2.30. The summed E-state index contributed by atoms with van der Waals surface area (Å²) in [5, 5.41) is 0. The summed E-state index contributed by atoms with van der Waals surface area (Å²) in [4.78, 5) is 11.9. The van der Waals surface area contributed by atoms with Crippen molar-refractivity contribution < 1.29 is 18.3 Å². The lowest BCUT2D eigenvalue weighted by molar-refractivity contribution is -0.123. The molecular weight excluding hydrogens is 226 g/mol. The van der Waals surface area contributed by atoms with Crippen molar-refractivity contribution in [3.8, 4) is 0 Å². The van der Waals surface area contributed by atoms with E-state index in [1.54, 1.807) is 0 Å². The molecule has 2 nitrogen and oxygen atoms in total. The molecule has 0 bridgehead atoms. The summed E-state index contributed by atoms with van der Waals surface area (Å²) in [5.74, 6) is -1.50. The van der Waals surface area contributed by atoms with Crippen molar-refractivity contribution >= 4 is 5.78 Å². The summed E-state index contributed by atoms with van der Waals surface area (Å²) in [6, 6.07) is 3.29. The van der Waals surface area contributed by atoms with Gasteiger partial charge < -0.3 is 4.74 Å². The highest BCUT2D eigenvalue weighted by Crippen LogP contribution is 2.23. The number of carbonyl (C=O) groups is 1. The molecule has 1 aromatic rings. The van der Waals surface area contributed by atoms with Crippen LogP contribution >= 0.6 is 0 Å². The summed E-state index contributed by atoms with van der Waals surface area (Å²) in [6.45, 7) is 2.42. The second-order valence-corrected chi connectivity index (χ2v) is 4.35. The minimum absolute atomic E-state index is 0.00444. The van der Waals surface area contributed by atoms with Gasteiger partial charge in [-0.1, -0.05) is 6.07 Å². The van der Waals surface area contributed by atoms with Crippen LogP contribution in [0, 0.1) is 17.6 Å². The number of carbonyl (C=O) groups excluding carboxylic acids is 1. The lowest BCUT2D eigenvalue weighted by atomic mass is 9.93. The Kier molecular flexibility index (Phi) is 3.52. The maximum absolute atomic E-state index is 13.4. The molecule has 2 atom stereocenters. The normalized spacial score (nSPS) is 23.9. The second-order valence-electron chi connectivity index (χ2n) is 4.35. The second kappa shape index (κ2) is 4.92. The van der Waals surface area contributed by atoms with Gasteiger partial charge in [-0.25, -0.2) is 8.78 Å². The van der Waals surface area contributed by atoms with E-state index in [4.69, 9.17) is 4.74 Å². The number of halogens is 2. The maximum atomic E-state index is 13.4. The van der Waals surface area contributed by atoms with E-state index in [0.29, 0.717) is 13.0 Å². The maximum Gasteiger partial charge on any atom is 0.143 e. The molecule has 0 aliphatic carbocycles. The largest absolute Gasteiger partial charge is 0.378 e. The fourth-order valence-corrected chi connectivity index (χ4v) is 2.14. The van der Waals surface area contributed by atoms with Gasteiger partial charge in [0.05, 0.1) is 6.10 Å². The van der Waals surface area contributed by atoms with E-state index in [-0.39, 0.29) is 29.8 Å². The van der Waals surface area contributed by atoms with E-state index < -0.39 is 11.6 Å². The minimum Gasteiger partial charge on any atom is -0.378 e. The Labute approximate surface area is 98.6 Å². The lowest BCUT2D eigenvalue weighted by Gasteiger charge is -2.12. The molecule has 2 unspecified atom stereocenters. The summed E-state index contributed by atoms with van der Waals surface area (Å²) < 4.78 is 31.4. The lowest BCUT2D eigenvalue weighted by Crippen LogP contribution is -2.23. The van der Waals surface area contributed by atoms with E-state index in [0.717, 1.165) is 6.07 Å². The van der Waals surface area contributed by atoms with Gasteiger partial charge in [-0.3, -0.25) is 4.79 Å². The highest BCUT2D eigenvalue weighted by atomic mass is 19.1. The van der Waals surface area contributed by atoms with Crippen molar-refractivity contribution in [3.05, 3.63) is 35.4 Å². The van der Waals surface area contributed by atoms with Gasteiger partial charge in [0.1, 0.15) is 17.4 Å². The Hall–Kier alpha value is -1.29. The molecule has 1 saturated heterocycles. The minimum atomic E-state index is -0.662. The van der Waals surface area contributed by atoms with Crippen molar-refractivity contribution in [3.63, 3.8) is 0 Å². The number of Topliss-reactive ketones (excluding diaryl/α,β-unsaturated/α-hetero) is 1. The van der Waals surface area contributed by atoms with Crippen LogP contribution in [-0.2, 0) is 16.0 Å². The average Bonchev–Trinajstić information content (AvgIpc) is 2.68. The van der Waals surface area contributed by atoms with Gasteiger partial charge in [0.25, 0.3) is 0 Å². The zero-order valence-corrected chi connectivity index (χ0v) is 9.58. The molecule has 0 saturated carbocycles. The molecule has 1 aliphatic heterocycles. The smallest absolute Gasteiger partial charge is 0.143 e. The molecule has 1 fully saturated rings. The SMILES string of the molecule is CC1OCCC1C(=O)Cc1ccc(F)cc1F. The summed E-state index contributed by atoms with van der Waals surface area (Å²) >= 11 is 0. The van der Waals surface area contributed by atoms with Crippen LogP contribution in [0.2, 0.25) is 0 Å². The summed E-state index contributed by atoms with van der Waals surface area (Å²) in [5.41, 5.74) is 0.246. The quantitative estimate of drug-likeness (QED) is 0.811. The van der Waals surface area contributed by atoms with Crippen LogP contribution in [0.1, 0.15) is 18.9 Å². The van der Waals surface area contributed by atoms with E-state index in [9.17, 15) is 13.6 Å². The van der Waals surface area contributed by atoms with Crippen molar-refractivity contribution in [2.45, 2.75) is 25.9 Å². The standard InChI is InChI=1S/C13H14F2O2/c1-8-11(4-5-17-8)13(16)6-9-2-3-10(14)7-12(9)15/h2-3,7-8,11H,4-6H2,1H3. The highest BCUT2D eigenvalue weighted by molar-refractivity contribution is 5.84. The third kappa shape index (κ3) is 2.69. The monoisotopic (exact) mass is 240 g/mol. The number of rotatable bonds is 3. The Balaban J connectivity index is 2.07. The number of benzene rings is 1. The van der Waals surface area contributed by atoms with Crippen molar-refractivity contribution in [1.82, 2.24) is 0 Å². The molecule has 17 heavy (non-hydrogen) atoms. The summed E-state index contributed by atoms with van der Waals surface area (Å²) in [6.07, 6.45) is 0.582. The first kappa shape index (κ1) is 12.2. The molecular formula is C13H14F2O2. The number of hydrogen-bond acceptors (Lipinski definition) is 2. The molecule has 0 N–H and O–H groups in total. The third-order valence-corrected chi connectivity index (χ3v) is 3.17. The van der Waals surface area contributed by atoms with Crippen molar-refractivity contribution in [2.75, 3.05) is 6.61 Å². The molecule has 1 heterocycles. The van der Waals surface area contributed by atoms with Crippen LogP contribution in [0.5, 0.6) is 0 Å². The predicted molar refractivity (Wildman–Crippen MR) is 58.6 cm³/mol. The first-order valence-corrected chi connectivity index (χ1v) is 5.66. The van der Waals surface area contributed by atoms with Crippen LogP contribution in [0.25, 0.3) is 0 Å². The molecule has 1 aliphatic rings. The summed E-state index contributed by atoms with van der Waals surface area (Å²) in [7, 11) is 0. The van der Waals surface area contributed by atoms with Gasteiger partial charge in [0, 0.05) is 25.0 Å². The van der Waals surface area contributed by atoms with E-state index in [2.05, 4.69) is 0 Å². The average molecular weight is 240 g/mol. The molecule has 2 rings (SSSR count). The van der Waals surface area contributed by atoms with Crippen molar-refractivity contribution in [2.24, 2.45) is 5.92 Å². The Morgan fingerprint density at radius 3 is 2.82 bits per heavy atom. The van der Waals surface area contributed by atoms with Crippen LogP contribution in [0.4, 0.5) is 8.78 Å². The first-order chi connectivity index (χ1) is 8.08. The number of ketones is 1. The molecule has 0 aromatic heterocycles. The van der Waals surface area contributed by atoms with Crippen LogP contribution < -0.4 is 0 Å². The predicted octanol–water partition coefficient (Wildman–Crippen LogP) is 2.50. The van der Waals surface area contributed by atoms with Crippen LogP contribution in [0.15, 0.2) is 18.2 Å². The molecule has 0 spiro atoms. The molecule has 92 valence electrons.